The highest BCUT2D eigenvalue weighted by Gasteiger charge is 2.16. The number of anilines is 2. The molecule has 5 aromatic rings. The van der Waals surface area contributed by atoms with Gasteiger partial charge in [-0.05, 0) is 60.2 Å². The number of sulfonamides is 1. The topological polar surface area (TPSA) is 135 Å². The molecule has 0 unspecified atom stereocenters. The van der Waals surface area contributed by atoms with Gasteiger partial charge in [-0.25, -0.2) is 13.2 Å². The first kappa shape index (κ1) is 27.3. The summed E-state index contributed by atoms with van der Waals surface area (Å²) in [5, 5.41) is 2.96. The van der Waals surface area contributed by atoms with E-state index in [4.69, 9.17) is 9.15 Å². The van der Waals surface area contributed by atoms with E-state index in [9.17, 15) is 18.0 Å². The van der Waals surface area contributed by atoms with Crippen LogP contribution in [0.4, 0.5) is 11.4 Å². The highest BCUT2D eigenvalue weighted by molar-refractivity contribution is 7.92. The average Bonchev–Trinajstić information content (AvgIpc) is 3.51. The molecule has 0 aliphatic rings. The van der Waals surface area contributed by atoms with Gasteiger partial charge in [-0.3, -0.25) is 19.1 Å². The van der Waals surface area contributed by atoms with E-state index >= 15 is 0 Å². The van der Waals surface area contributed by atoms with Gasteiger partial charge in [0.1, 0.15) is 5.75 Å². The number of H-pyrrole nitrogens is 1. The van der Waals surface area contributed by atoms with Crippen LogP contribution >= 0.6 is 0 Å². The number of rotatable bonds is 9. The van der Waals surface area contributed by atoms with Gasteiger partial charge in [0, 0.05) is 47.4 Å². The van der Waals surface area contributed by atoms with E-state index in [1.54, 1.807) is 75.0 Å². The molecule has 0 saturated carbocycles. The van der Waals surface area contributed by atoms with Crippen LogP contribution < -0.4 is 26.0 Å². The van der Waals surface area contributed by atoms with Crippen molar-refractivity contribution in [1.82, 2.24) is 9.55 Å². The van der Waals surface area contributed by atoms with Gasteiger partial charge >= 0.3 is 5.69 Å². The molecular formula is C30H26N4O6S. The van der Waals surface area contributed by atoms with Crippen LogP contribution in [0.25, 0.3) is 29.0 Å². The Morgan fingerprint density at radius 1 is 0.927 bits per heavy atom. The van der Waals surface area contributed by atoms with Crippen LogP contribution in [0.2, 0.25) is 0 Å². The molecule has 0 radical (unpaired) electrons. The van der Waals surface area contributed by atoms with Crippen LogP contribution in [-0.4, -0.2) is 32.1 Å². The van der Waals surface area contributed by atoms with Crippen molar-refractivity contribution in [3.05, 3.63) is 123 Å². The van der Waals surface area contributed by atoms with Gasteiger partial charge in [-0.2, -0.15) is 0 Å². The second kappa shape index (κ2) is 11.4. The molecule has 41 heavy (non-hydrogen) atoms. The van der Waals surface area contributed by atoms with E-state index < -0.39 is 21.3 Å². The van der Waals surface area contributed by atoms with Crippen molar-refractivity contribution >= 4 is 33.6 Å². The predicted molar refractivity (Wildman–Crippen MR) is 159 cm³/mol. The number of aromatic nitrogens is 2. The summed E-state index contributed by atoms with van der Waals surface area (Å²) in [5.74, 6) is 0.553. The van der Waals surface area contributed by atoms with Crippen molar-refractivity contribution in [2.75, 3.05) is 24.2 Å². The van der Waals surface area contributed by atoms with E-state index in [1.807, 2.05) is 12.2 Å². The summed E-state index contributed by atoms with van der Waals surface area (Å²) in [5.41, 5.74) is 3.55. The highest BCUT2D eigenvalue weighted by Crippen LogP contribution is 2.37. The third-order valence-corrected chi connectivity index (χ3v) is 7.71. The monoisotopic (exact) mass is 570 g/mol. The molecule has 208 valence electrons. The third kappa shape index (κ3) is 5.99. The largest absolute Gasteiger partial charge is 0.495 e. The lowest BCUT2D eigenvalue weighted by Gasteiger charge is -2.14. The zero-order valence-electron chi connectivity index (χ0n) is 22.1. The van der Waals surface area contributed by atoms with Gasteiger partial charge in [-0.1, -0.05) is 24.3 Å². The van der Waals surface area contributed by atoms with Gasteiger partial charge < -0.3 is 14.5 Å². The van der Waals surface area contributed by atoms with Crippen LogP contribution in [0, 0.1) is 0 Å². The molecule has 0 amide bonds. The van der Waals surface area contributed by atoms with Crippen molar-refractivity contribution < 1.29 is 17.6 Å². The predicted octanol–water partition coefficient (Wildman–Crippen LogP) is 4.81. The second-order valence-electron chi connectivity index (χ2n) is 8.94. The first-order valence-electron chi connectivity index (χ1n) is 12.4. The first-order chi connectivity index (χ1) is 19.8. The molecule has 0 aliphatic heterocycles. The smallest absolute Gasteiger partial charge is 0.332 e. The molecule has 0 fully saturated rings. The maximum atomic E-state index is 12.8. The second-order valence-corrected chi connectivity index (χ2v) is 10.6. The van der Waals surface area contributed by atoms with Gasteiger partial charge in [0.2, 0.25) is 0 Å². The summed E-state index contributed by atoms with van der Waals surface area (Å²) in [6.45, 7) is 0. The minimum atomic E-state index is -3.75. The Labute approximate surface area is 235 Å². The van der Waals surface area contributed by atoms with E-state index in [1.165, 1.54) is 35.2 Å². The Morgan fingerprint density at radius 3 is 2.29 bits per heavy atom. The van der Waals surface area contributed by atoms with Crippen molar-refractivity contribution in [1.29, 1.82) is 0 Å². The number of nitrogens with one attached hydrogen (secondary N) is 3. The van der Waals surface area contributed by atoms with Crippen LogP contribution in [0.15, 0.2) is 110 Å². The maximum absolute atomic E-state index is 12.8. The Kier molecular flexibility index (Phi) is 7.61. The number of hydrogen-bond donors (Lipinski definition) is 3. The van der Waals surface area contributed by atoms with Crippen LogP contribution in [-0.2, 0) is 10.0 Å². The van der Waals surface area contributed by atoms with Gasteiger partial charge in [0.15, 0.2) is 0 Å². The Morgan fingerprint density at radius 2 is 1.66 bits per heavy atom. The number of aromatic amines is 1. The minimum Gasteiger partial charge on any atom is -0.495 e. The molecule has 3 N–H and O–H groups in total. The fourth-order valence-corrected chi connectivity index (χ4v) is 5.30. The zero-order valence-corrected chi connectivity index (χ0v) is 22.9. The van der Waals surface area contributed by atoms with Crippen molar-refractivity contribution in [3.63, 3.8) is 0 Å². The molecular weight excluding hydrogens is 544 g/mol. The maximum Gasteiger partial charge on any atom is 0.332 e. The van der Waals surface area contributed by atoms with Gasteiger partial charge in [0.05, 0.1) is 30.2 Å². The molecule has 2 aromatic heterocycles. The van der Waals surface area contributed by atoms with Crippen molar-refractivity contribution in [2.45, 2.75) is 4.90 Å². The molecule has 0 spiro atoms. The fourth-order valence-electron chi connectivity index (χ4n) is 4.24. The number of methoxy groups -OCH3 is 1. The molecule has 0 aliphatic carbocycles. The lowest BCUT2D eigenvalue weighted by molar-refractivity contribution is 0.415. The molecule has 2 heterocycles. The molecule has 11 heteroatoms. The summed E-state index contributed by atoms with van der Waals surface area (Å²) in [7, 11) is -0.438. The number of benzene rings is 3. The quantitative estimate of drug-likeness (QED) is 0.217. The molecule has 0 saturated heterocycles. The first-order valence-corrected chi connectivity index (χ1v) is 13.9. The molecule has 10 nitrogen and oxygen atoms in total. The normalized spacial score (nSPS) is 11.5. The minimum absolute atomic E-state index is 0.155. The Balaban J connectivity index is 1.46. The summed E-state index contributed by atoms with van der Waals surface area (Å²) >= 11 is 0. The van der Waals surface area contributed by atoms with E-state index in [0.29, 0.717) is 28.3 Å². The SMILES string of the molecule is CNc1ccc(S(=O)(=O)Nc2ccc(/C=C/c3cc(-n4ccc(=O)[nH]c4=O)cc(-c4ccoc4)c3OC)cc2)cc1. The van der Waals surface area contributed by atoms with Crippen molar-refractivity contribution in [3.8, 4) is 22.6 Å². The molecule has 3 aromatic carbocycles. The average molecular weight is 571 g/mol. The van der Waals surface area contributed by atoms with Gasteiger partial charge in [0.25, 0.3) is 15.6 Å². The van der Waals surface area contributed by atoms with E-state index in [-0.39, 0.29) is 4.90 Å². The number of ether oxygens (including phenoxy) is 1. The Bertz CT molecular complexity index is 1920. The molecule has 0 atom stereocenters. The summed E-state index contributed by atoms with van der Waals surface area (Å²) in [6.07, 6.45) is 8.18. The van der Waals surface area contributed by atoms with Gasteiger partial charge in [-0.15, -0.1) is 0 Å². The summed E-state index contributed by atoms with van der Waals surface area (Å²) < 4.78 is 40.5. The van der Waals surface area contributed by atoms with Crippen LogP contribution in [0.1, 0.15) is 11.1 Å². The zero-order chi connectivity index (χ0) is 29.0. The van der Waals surface area contributed by atoms with E-state index in [2.05, 4.69) is 15.0 Å². The van der Waals surface area contributed by atoms with Crippen LogP contribution in [0.3, 0.4) is 0 Å². The van der Waals surface area contributed by atoms with Crippen molar-refractivity contribution in [2.24, 2.45) is 0 Å². The number of nitrogens with zero attached hydrogens (tertiary/aromatic N) is 1. The third-order valence-electron chi connectivity index (χ3n) is 6.31. The Hall–Kier alpha value is -5.29. The van der Waals surface area contributed by atoms with Crippen LogP contribution in [0.5, 0.6) is 5.75 Å². The standard InChI is InChI=1S/C30H26N4O6S/c1-31-23-9-11-26(12-10-23)41(37,38)33-24-7-4-20(5-8-24)3-6-21-17-25(34-15-13-28(35)32-30(34)36)18-27(29(21)39-2)22-14-16-40-19-22/h3-19,31,33H,1-2H3,(H,32,35,36)/b6-3+. The number of hydrogen-bond acceptors (Lipinski definition) is 7. The lowest BCUT2D eigenvalue weighted by Crippen LogP contribution is -2.27. The van der Waals surface area contributed by atoms with E-state index in [0.717, 1.165) is 16.8 Å². The highest BCUT2D eigenvalue weighted by atomic mass is 32.2. The summed E-state index contributed by atoms with van der Waals surface area (Å²) in [4.78, 5) is 26.5. The lowest BCUT2D eigenvalue weighted by atomic mass is 10.0. The molecule has 5 rings (SSSR count). The molecule has 0 bridgehead atoms. The summed E-state index contributed by atoms with van der Waals surface area (Å²) in [6, 6.07) is 19.9. The number of furan rings is 1. The fraction of sp³-hybridized carbons (Fsp3) is 0.0667.